The van der Waals surface area contributed by atoms with E-state index in [4.69, 9.17) is 9.47 Å². The van der Waals surface area contributed by atoms with Gasteiger partial charge in [0.1, 0.15) is 29.9 Å². The van der Waals surface area contributed by atoms with Gasteiger partial charge in [0.2, 0.25) is 11.8 Å². The second-order valence-electron chi connectivity index (χ2n) is 9.76. The summed E-state index contributed by atoms with van der Waals surface area (Å²) in [6.07, 6.45) is 0.701. The van der Waals surface area contributed by atoms with Crippen LogP contribution in [0.5, 0.6) is 11.5 Å². The minimum Gasteiger partial charge on any atom is -0.497 e. The highest BCUT2D eigenvalue weighted by Gasteiger charge is 2.33. The van der Waals surface area contributed by atoms with Gasteiger partial charge in [-0.25, -0.2) is 12.8 Å². The van der Waals surface area contributed by atoms with Gasteiger partial charge in [0.05, 0.1) is 24.3 Å². The highest BCUT2D eigenvalue weighted by molar-refractivity contribution is 7.92. The van der Waals surface area contributed by atoms with Gasteiger partial charge in [-0.3, -0.25) is 13.9 Å². The molecule has 0 aliphatic heterocycles. The van der Waals surface area contributed by atoms with Gasteiger partial charge in [0.15, 0.2) is 0 Å². The largest absolute Gasteiger partial charge is 0.497 e. The Morgan fingerprint density at radius 1 is 0.905 bits per heavy atom. The van der Waals surface area contributed by atoms with Gasteiger partial charge in [0, 0.05) is 12.6 Å². The molecule has 11 heteroatoms. The Balaban J connectivity index is 2.02. The third-order valence-electron chi connectivity index (χ3n) is 6.80. The van der Waals surface area contributed by atoms with Gasteiger partial charge in [-0.1, -0.05) is 19.1 Å². The SMILES string of the molecule is CCOc1ccc(N(CC(=O)N(Cc2ccc(OC)cc2)[C@H](C)C(=O)N[C@@H](C)CC)S(=O)(=O)c2ccc(F)cc2)cc1. The average Bonchev–Trinajstić information content (AvgIpc) is 2.99. The van der Waals surface area contributed by atoms with Gasteiger partial charge in [0.25, 0.3) is 10.0 Å². The van der Waals surface area contributed by atoms with E-state index in [1.165, 1.54) is 17.0 Å². The van der Waals surface area contributed by atoms with Crippen LogP contribution in [0.25, 0.3) is 0 Å². The molecule has 1 N–H and O–H groups in total. The summed E-state index contributed by atoms with van der Waals surface area (Å²) in [6, 6.07) is 16.7. The van der Waals surface area contributed by atoms with Gasteiger partial charge in [-0.2, -0.15) is 0 Å². The fraction of sp³-hybridized carbons (Fsp3) is 0.355. The minimum absolute atomic E-state index is 0.0473. The Kier molecular flexibility index (Phi) is 11.3. The molecule has 2 amide bonds. The lowest BCUT2D eigenvalue weighted by Crippen LogP contribution is -2.52. The zero-order chi connectivity index (χ0) is 30.9. The van der Waals surface area contributed by atoms with Crippen LogP contribution in [0.1, 0.15) is 39.7 Å². The van der Waals surface area contributed by atoms with E-state index in [2.05, 4.69) is 5.32 Å². The number of carbonyl (C=O) groups is 2. The van der Waals surface area contributed by atoms with E-state index >= 15 is 0 Å². The number of benzene rings is 3. The summed E-state index contributed by atoms with van der Waals surface area (Å²) in [5, 5.41) is 2.90. The molecule has 3 aromatic carbocycles. The van der Waals surface area contributed by atoms with Crippen LogP contribution in [0.2, 0.25) is 0 Å². The molecular weight excluding hydrogens is 561 g/mol. The fourth-order valence-corrected chi connectivity index (χ4v) is 5.53. The van der Waals surface area contributed by atoms with Gasteiger partial charge in [-0.15, -0.1) is 0 Å². The van der Waals surface area contributed by atoms with Crippen molar-refractivity contribution < 1.29 is 31.9 Å². The van der Waals surface area contributed by atoms with Gasteiger partial charge in [-0.05, 0) is 93.4 Å². The molecule has 0 bridgehead atoms. The summed E-state index contributed by atoms with van der Waals surface area (Å²) in [5.41, 5.74) is 0.929. The Morgan fingerprint density at radius 2 is 1.50 bits per heavy atom. The average molecular weight is 600 g/mol. The van der Waals surface area contributed by atoms with E-state index in [1.54, 1.807) is 50.4 Å². The van der Waals surface area contributed by atoms with E-state index in [-0.39, 0.29) is 29.1 Å². The second kappa shape index (κ2) is 14.7. The fourth-order valence-electron chi connectivity index (χ4n) is 4.11. The summed E-state index contributed by atoms with van der Waals surface area (Å²) < 4.78 is 53.0. The molecule has 0 unspecified atom stereocenters. The maximum atomic E-state index is 14.0. The van der Waals surface area contributed by atoms with E-state index in [0.717, 1.165) is 34.1 Å². The number of anilines is 1. The van der Waals surface area contributed by atoms with E-state index in [0.29, 0.717) is 24.5 Å². The predicted molar refractivity (Wildman–Crippen MR) is 159 cm³/mol. The molecule has 0 aliphatic rings. The lowest BCUT2D eigenvalue weighted by Gasteiger charge is -2.32. The number of hydrogen-bond acceptors (Lipinski definition) is 6. The third-order valence-corrected chi connectivity index (χ3v) is 8.58. The lowest BCUT2D eigenvalue weighted by atomic mass is 10.1. The highest BCUT2D eigenvalue weighted by atomic mass is 32.2. The van der Waals surface area contributed by atoms with Crippen molar-refractivity contribution in [3.63, 3.8) is 0 Å². The zero-order valence-electron chi connectivity index (χ0n) is 24.5. The van der Waals surface area contributed by atoms with Crippen LogP contribution < -0.4 is 19.1 Å². The molecule has 9 nitrogen and oxygen atoms in total. The summed E-state index contributed by atoms with van der Waals surface area (Å²) in [6.45, 7) is 7.10. The zero-order valence-corrected chi connectivity index (χ0v) is 25.4. The molecule has 226 valence electrons. The Labute approximate surface area is 247 Å². The minimum atomic E-state index is -4.31. The Hall–Kier alpha value is -4.12. The van der Waals surface area contributed by atoms with E-state index < -0.39 is 34.3 Å². The molecule has 0 aromatic heterocycles. The molecule has 3 aromatic rings. The van der Waals surface area contributed by atoms with Crippen LogP contribution in [0, 0.1) is 5.82 Å². The van der Waals surface area contributed by atoms with Crippen LogP contribution in [0.3, 0.4) is 0 Å². The Morgan fingerprint density at radius 3 is 2.05 bits per heavy atom. The quantitative estimate of drug-likeness (QED) is 0.287. The molecular formula is C31H38FN3O6S. The summed E-state index contributed by atoms with van der Waals surface area (Å²) >= 11 is 0. The number of carbonyl (C=O) groups excluding carboxylic acids is 2. The molecule has 3 rings (SSSR count). The molecule has 2 atom stereocenters. The number of nitrogens with one attached hydrogen (secondary N) is 1. The molecule has 42 heavy (non-hydrogen) atoms. The van der Waals surface area contributed by atoms with Crippen LogP contribution in [-0.2, 0) is 26.2 Å². The number of nitrogens with zero attached hydrogens (tertiary/aromatic N) is 2. The van der Waals surface area contributed by atoms with E-state index in [1.807, 2.05) is 20.8 Å². The summed E-state index contributed by atoms with van der Waals surface area (Å²) in [5.74, 6) is -0.392. The first-order chi connectivity index (χ1) is 20.0. The van der Waals surface area contributed by atoms with Gasteiger partial charge >= 0.3 is 0 Å². The molecule has 0 saturated carbocycles. The van der Waals surface area contributed by atoms with Crippen molar-refractivity contribution in [3.8, 4) is 11.5 Å². The molecule has 0 heterocycles. The first kappa shape index (κ1) is 32.4. The van der Waals surface area contributed by atoms with E-state index in [9.17, 15) is 22.4 Å². The lowest BCUT2D eigenvalue weighted by molar-refractivity contribution is -0.139. The molecule has 0 spiro atoms. The second-order valence-corrected chi connectivity index (χ2v) is 11.6. The van der Waals surface area contributed by atoms with Crippen molar-refractivity contribution in [2.24, 2.45) is 0 Å². The number of ether oxygens (including phenoxy) is 2. The normalized spacial score (nSPS) is 12.6. The summed E-state index contributed by atoms with van der Waals surface area (Å²) in [7, 11) is -2.77. The van der Waals surface area contributed by atoms with Gasteiger partial charge < -0.3 is 19.7 Å². The first-order valence-electron chi connectivity index (χ1n) is 13.7. The monoisotopic (exact) mass is 599 g/mol. The predicted octanol–water partition coefficient (Wildman–Crippen LogP) is 4.76. The number of hydrogen-bond donors (Lipinski definition) is 1. The van der Waals surface area contributed by atoms with Crippen molar-refractivity contribution in [2.75, 3.05) is 24.6 Å². The molecule has 0 fully saturated rings. The summed E-state index contributed by atoms with van der Waals surface area (Å²) in [4.78, 5) is 28.3. The number of amides is 2. The van der Waals surface area contributed by atoms with Crippen molar-refractivity contribution in [2.45, 2.75) is 57.6 Å². The van der Waals surface area contributed by atoms with Crippen molar-refractivity contribution in [3.05, 3.63) is 84.2 Å². The molecule has 0 radical (unpaired) electrons. The van der Waals surface area contributed by atoms with Crippen LogP contribution in [0.15, 0.2) is 77.7 Å². The third kappa shape index (κ3) is 8.22. The maximum absolute atomic E-state index is 14.0. The highest BCUT2D eigenvalue weighted by Crippen LogP contribution is 2.27. The van der Waals surface area contributed by atoms with Crippen LogP contribution in [-0.4, -0.2) is 57.5 Å². The standard InChI is InChI=1S/C31H38FN3O6S/c1-6-22(3)33-31(37)23(4)34(20-24-8-14-27(40-5)15-9-24)30(36)21-35(26-12-16-28(17-13-26)41-7-2)42(38,39)29-18-10-25(32)11-19-29/h8-19,22-23H,6-7,20-21H2,1-5H3,(H,33,37)/t22-,23+/m0/s1. The number of sulfonamides is 1. The van der Waals surface area contributed by atoms with Crippen molar-refractivity contribution in [1.29, 1.82) is 0 Å². The topological polar surface area (TPSA) is 105 Å². The number of halogens is 1. The van der Waals surface area contributed by atoms with Crippen LogP contribution >= 0.6 is 0 Å². The molecule has 0 aliphatic carbocycles. The molecule has 0 saturated heterocycles. The van der Waals surface area contributed by atoms with Crippen LogP contribution in [0.4, 0.5) is 10.1 Å². The van der Waals surface area contributed by atoms with Crippen molar-refractivity contribution in [1.82, 2.24) is 10.2 Å². The maximum Gasteiger partial charge on any atom is 0.264 e. The van der Waals surface area contributed by atoms with Crippen molar-refractivity contribution >= 4 is 27.5 Å². The number of methoxy groups -OCH3 is 1. The first-order valence-corrected chi connectivity index (χ1v) is 15.2. The Bertz CT molecular complexity index is 1430. The number of rotatable bonds is 14. The smallest absolute Gasteiger partial charge is 0.264 e.